The van der Waals surface area contributed by atoms with Gasteiger partial charge in [-0.3, -0.25) is 4.79 Å². The molecule has 2 aromatic rings. The van der Waals surface area contributed by atoms with Crippen molar-refractivity contribution >= 4 is 22.4 Å². The third kappa shape index (κ3) is 4.29. The predicted octanol–water partition coefficient (Wildman–Crippen LogP) is 4.29. The van der Waals surface area contributed by atoms with Gasteiger partial charge in [0.1, 0.15) is 0 Å². The summed E-state index contributed by atoms with van der Waals surface area (Å²) in [5.74, 6) is -0.373. The second-order valence-corrected chi connectivity index (χ2v) is 5.46. The van der Waals surface area contributed by atoms with E-state index >= 15 is 0 Å². The van der Waals surface area contributed by atoms with Gasteiger partial charge in [-0.05, 0) is 11.5 Å². The Labute approximate surface area is 123 Å². The van der Waals surface area contributed by atoms with Crippen LogP contribution in [0.5, 0.6) is 0 Å². The van der Waals surface area contributed by atoms with Crippen LogP contribution in [0.4, 0.5) is 18.3 Å². The predicted molar refractivity (Wildman–Crippen MR) is 75.2 cm³/mol. The molecule has 7 heteroatoms. The Morgan fingerprint density at radius 1 is 1.33 bits per heavy atom. The first-order chi connectivity index (χ1) is 9.86. The van der Waals surface area contributed by atoms with Crippen molar-refractivity contribution in [3.05, 3.63) is 47.0 Å². The van der Waals surface area contributed by atoms with E-state index in [0.717, 1.165) is 22.3 Å². The zero-order valence-corrected chi connectivity index (χ0v) is 12.0. The molecule has 0 aliphatic carbocycles. The topological polar surface area (TPSA) is 42.0 Å². The molecule has 1 amide bonds. The summed E-state index contributed by atoms with van der Waals surface area (Å²) in [6.45, 7) is 1.89. The van der Waals surface area contributed by atoms with Crippen LogP contribution in [0.25, 0.3) is 0 Å². The highest BCUT2D eigenvalue weighted by Gasteiger charge is 2.33. The minimum atomic E-state index is -4.49. The number of benzene rings is 1. The average molecular weight is 314 g/mol. The molecule has 1 aromatic heterocycles. The van der Waals surface area contributed by atoms with E-state index in [1.807, 2.05) is 37.3 Å². The molecule has 0 spiro atoms. The smallest absolute Gasteiger partial charge is 0.302 e. The van der Waals surface area contributed by atoms with Gasteiger partial charge in [-0.15, -0.1) is 11.3 Å². The summed E-state index contributed by atoms with van der Waals surface area (Å²) < 4.78 is 37.2. The normalized spacial score (nSPS) is 13.0. The van der Waals surface area contributed by atoms with Crippen molar-refractivity contribution in [1.82, 2.24) is 4.98 Å². The van der Waals surface area contributed by atoms with Gasteiger partial charge in [0.2, 0.25) is 5.91 Å². The lowest BCUT2D eigenvalue weighted by molar-refractivity contribution is -0.140. The zero-order valence-electron chi connectivity index (χ0n) is 11.1. The molecular formula is C14H13F3N2OS. The molecule has 1 N–H and O–H groups in total. The van der Waals surface area contributed by atoms with Gasteiger partial charge in [0.15, 0.2) is 10.8 Å². The number of nitrogens with one attached hydrogen (secondary N) is 1. The molecular weight excluding hydrogens is 301 g/mol. The minimum Gasteiger partial charge on any atom is -0.302 e. The minimum absolute atomic E-state index is 0.0201. The van der Waals surface area contributed by atoms with Gasteiger partial charge >= 0.3 is 6.18 Å². The number of thiazole rings is 1. The maximum Gasteiger partial charge on any atom is 0.434 e. The molecule has 0 saturated heterocycles. The molecule has 0 aliphatic rings. The number of carbonyl (C=O) groups is 1. The van der Waals surface area contributed by atoms with Crippen LogP contribution in [-0.4, -0.2) is 10.9 Å². The lowest BCUT2D eigenvalue weighted by atomic mass is 9.98. The molecule has 1 unspecified atom stereocenters. The van der Waals surface area contributed by atoms with E-state index in [9.17, 15) is 18.0 Å². The first-order valence-corrected chi connectivity index (χ1v) is 7.11. The number of alkyl halides is 3. The number of hydrogen-bond donors (Lipinski definition) is 1. The van der Waals surface area contributed by atoms with Crippen molar-refractivity contribution in [3.8, 4) is 0 Å². The summed E-state index contributed by atoms with van der Waals surface area (Å²) in [6, 6.07) is 9.44. The number of nitrogens with zero attached hydrogens (tertiary/aromatic N) is 1. The molecule has 2 rings (SSSR count). The summed E-state index contributed by atoms with van der Waals surface area (Å²) >= 11 is 0.765. The standard InChI is InChI=1S/C14H13F3N2OS/c1-9(10-5-3-2-4-6-10)7-12(20)19-13-18-11(8-21-13)14(15,16)17/h2-6,8-9H,7H2,1H3,(H,18,19,20). The largest absolute Gasteiger partial charge is 0.434 e. The summed E-state index contributed by atoms with van der Waals surface area (Å²) in [4.78, 5) is 15.2. The van der Waals surface area contributed by atoms with Crippen molar-refractivity contribution < 1.29 is 18.0 Å². The lowest BCUT2D eigenvalue weighted by Gasteiger charge is -2.10. The monoisotopic (exact) mass is 314 g/mol. The number of carbonyl (C=O) groups excluding carboxylic acids is 1. The Morgan fingerprint density at radius 2 is 2.00 bits per heavy atom. The van der Waals surface area contributed by atoms with Crippen LogP contribution >= 0.6 is 11.3 Å². The third-order valence-corrected chi connectivity index (χ3v) is 3.66. The van der Waals surface area contributed by atoms with Crippen LogP contribution in [0.15, 0.2) is 35.7 Å². The van der Waals surface area contributed by atoms with Crippen LogP contribution in [0, 0.1) is 0 Å². The zero-order chi connectivity index (χ0) is 15.5. The fourth-order valence-corrected chi connectivity index (χ4v) is 2.54. The van der Waals surface area contributed by atoms with Crippen LogP contribution < -0.4 is 5.32 Å². The molecule has 1 heterocycles. The first kappa shape index (κ1) is 15.5. The summed E-state index contributed by atoms with van der Waals surface area (Å²) in [6.07, 6.45) is -4.30. The van der Waals surface area contributed by atoms with Gasteiger partial charge in [-0.1, -0.05) is 37.3 Å². The molecule has 0 saturated carbocycles. The van der Waals surface area contributed by atoms with Crippen LogP contribution in [0.2, 0.25) is 0 Å². The number of halogens is 3. The summed E-state index contributed by atoms with van der Waals surface area (Å²) in [7, 11) is 0. The number of hydrogen-bond acceptors (Lipinski definition) is 3. The van der Waals surface area contributed by atoms with Crippen LogP contribution in [0.3, 0.4) is 0 Å². The molecule has 21 heavy (non-hydrogen) atoms. The first-order valence-electron chi connectivity index (χ1n) is 6.24. The second kappa shape index (κ2) is 6.26. The van der Waals surface area contributed by atoms with E-state index in [4.69, 9.17) is 0 Å². The fraction of sp³-hybridized carbons (Fsp3) is 0.286. The van der Waals surface area contributed by atoms with Crippen molar-refractivity contribution in [2.75, 3.05) is 5.32 Å². The third-order valence-electron chi connectivity index (χ3n) is 2.90. The second-order valence-electron chi connectivity index (χ2n) is 4.60. The molecule has 1 aromatic carbocycles. The Morgan fingerprint density at radius 3 is 2.57 bits per heavy atom. The molecule has 0 bridgehead atoms. The van der Waals surface area contributed by atoms with Gasteiger partial charge < -0.3 is 5.32 Å². The van der Waals surface area contributed by atoms with Gasteiger partial charge in [0.25, 0.3) is 0 Å². The van der Waals surface area contributed by atoms with Crippen molar-refractivity contribution in [3.63, 3.8) is 0 Å². The highest BCUT2D eigenvalue weighted by atomic mass is 32.1. The summed E-state index contributed by atoms with van der Waals surface area (Å²) in [5, 5.41) is 3.25. The Balaban J connectivity index is 1.94. The number of aromatic nitrogens is 1. The highest BCUT2D eigenvalue weighted by Crippen LogP contribution is 2.31. The number of amides is 1. The Bertz CT molecular complexity index is 610. The van der Waals surface area contributed by atoms with Crippen molar-refractivity contribution in [2.24, 2.45) is 0 Å². The van der Waals surface area contributed by atoms with E-state index in [1.165, 1.54) is 0 Å². The van der Waals surface area contributed by atoms with Crippen LogP contribution in [-0.2, 0) is 11.0 Å². The van der Waals surface area contributed by atoms with E-state index in [1.54, 1.807) is 0 Å². The lowest BCUT2D eigenvalue weighted by Crippen LogP contribution is -2.14. The SMILES string of the molecule is CC(CC(=O)Nc1nc(C(F)(F)F)cs1)c1ccccc1. The van der Waals surface area contributed by atoms with Gasteiger partial charge in [0, 0.05) is 11.8 Å². The molecule has 0 aliphatic heterocycles. The number of anilines is 1. The van der Waals surface area contributed by atoms with E-state index in [0.29, 0.717) is 0 Å². The molecule has 1 atom stereocenters. The molecule has 0 radical (unpaired) electrons. The van der Waals surface area contributed by atoms with Crippen LogP contribution in [0.1, 0.15) is 30.5 Å². The quantitative estimate of drug-likeness (QED) is 0.914. The Hall–Kier alpha value is -1.89. The van der Waals surface area contributed by atoms with Crippen molar-refractivity contribution in [1.29, 1.82) is 0 Å². The van der Waals surface area contributed by atoms with Gasteiger partial charge in [0.05, 0.1) is 0 Å². The van der Waals surface area contributed by atoms with E-state index < -0.39 is 11.9 Å². The Kier molecular flexibility index (Phi) is 4.62. The fourth-order valence-electron chi connectivity index (χ4n) is 1.81. The maximum absolute atomic E-state index is 12.4. The number of rotatable bonds is 4. The van der Waals surface area contributed by atoms with Gasteiger partial charge in [-0.2, -0.15) is 13.2 Å². The van der Waals surface area contributed by atoms with E-state index in [2.05, 4.69) is 10.3 Å². The molecule has 3 nitrogen and oxygen atoms in total. The van der Waals surface area contributed by atoms with Gasteiger partial charge in [-0.25, -0.2) is 4.98 Å². The average Bonchev–Trinajstić information content (AvgIpc) is 2.88. The highest BCUT2D eigenvalue weighted by molar-refractivity contribution is 7.13. The molecule has 112 valence electrons. The maximum atomic E-state index is 12.4. The van der Waals surface area contributed by atoms with E-state index in [-0.39, 0.29) is 23.4 Å². The molecule has 0 fully saturated rings. The van der Waals surface area contributed by atoms with Crippen molar-refractivity contribution in [2.45, 2.75) is 25.4 Å². The summed E-state index contributed by atoms with van der Waals surface area (Å²) in [5.41, 5.74) is 0.0154.